The van der Waals surface area contributed by atoms with Gasteiger partial charge in [-0.25, -0.2) is 0 Å². The molecular weight excluding hydrogens is 949 g/mol. The number of hydroxylamine groups is 8. The highest BCUT2D eigenvalue weighted by Crippen LogP contribution is 2.49. The van der Waals surface area contributed by atoms with E-state index in [4.69, 9.17) is 19.4 Å². The van der Waals surface area contributed by atoms with E-state index >= 15 is 0 Å². The molecule has 0 spiro atoms. The van der Waals surface area contributed by atoms with E-state index in [9.17, 15) is 0 Å². The minimum atomic E-state index is -0.724. The van der Waals surface area contributed by atoms with Gasteiger partial charge in [0.15, 0.2) is 0 Å². The average molecular weight is 1050 g/mol. The monoisotopic (exact) mass is 1050 g/mol. The Kier molecular flexibility index (Phi) is 16.9. The van der Waals surface area contributed by atoms with Crippen LogP contribution < -0.4 is 0 Å². The van der Waals surface area contributed by atoms with Gasteiger partial charge in [-0.3, -0.25) is 19.4 Å². The van der Waals surface area contributed by atoms with Crippen molar-refractivity contribution in [3.63, 3.8) is 0 Å². The first-order valence-electron chi connectivity index (χ1n) is 30.0. The molecule has 8 rings (SSSR count). The van der Waals surface area contributed by atoms with E-state index in [1.54, 1.807) is 0 Å². The molecule has 4 unspecified atom stereocenters. The van der Waals surface area contributed by atoms with Crippen LogP contribution in [0.3, 0.4) is 0 Å². The summed E-state index contributed by atoms with van der Waals surface area (Å²) >= 11 is 0. The third kappa shape index (κ3) is 12.1. The Morgan fingerprint density at radius 2 is 0.416 bits per heavy atom. The largest absolute Gasteiger partial charge is 0.290 e. The van der Waals surface area contributed by atoms with Crippen molar-refractivity contribution in [1.29, 1.82) is 0 Å². The molecule has 0 radical (unpaired) electrons. The first-order chi connectivity index (χ1) is 35.7. The molecule has 0 bridgehead atoms. The highest BCUT2D eigenvalue weighted by Gasteiger charge is 2.48. The molecular formula is C69H104N4O4. The van der Waals surface area contributed by atoms with Crippen molar-refractivity contribution < 1.29 is 19.4 Å². The van der Waals surface area contributed by atoms with E-state index in [0.29, 0.717) is 0 Å². The third-order valence-electron chi connectivity index (χ3n) is 19.0. The summed E-state index contributed by atoms with van der Waals surface area (Å²) in [6.07, 6.45) is 13.1. The highest BCUT2D eigenvalue weighted by molar-refractivity contribution is 5.61. The van der Waals surface area contributed by atoms with Crippen molar-refractivity contribution in [2.45, 2.75) is 290 Å². The molecule has 4 aliphatic heterocycles. The van der Waals surface area contributed by atoms with Crippen LogP contribution in [0.1, 0.15) is 284 Å². The van der Waals surface area contributed by atoms with Gasteiger partial charge in [0.2, 0.25) is 0 Å². The molecule has 4 heterocycles. The maximum absolute atomic E-state index is 7.02. The summed E-state index contributed by atoms with van der Waals surface area (Å²) in [5.41, 5.74) is 8.10. The number of hydrogen-bond donors (Lipinski definition) is 0. The molecule has 0 aliphatic carbocycles. The van der Waals surface area contributed by atoms with Crippen molar-refractivity contribution in [3.8, 4) is 0 Å². The van der Waals surface area contributed by atoms with Gasteiger partial charge < -0.3 is 0 Å². The standard InChI is InChI=1S/C69H104N4O4/c1-49(74-70-61(5,6)41-21-42-62(70,7)8)53-25-33-57(34-26-53)69(58-35-27-54(28-36-58)50(2)75-71-63(9,10)43-22-44-64(71,11)12,59-37-29-55(30-38-59)51(3)76-72-65(13,14)45-23-46-66(72,15)16)60-39-31-56(32-40-60)52(4)77-73-67(17,18)47-24-48-68(73,19)20/h25-40,49-52H,21-24,41-48H2,1-20H3. The van der Waals surface area contributed by atoms with E-state index in [0.717, 1.165) is 73.6 Å². The Morgan fingerprint density at radius 3 is 0.558 bits per heavy atom. The molecule has 8 heteroatoms. The summed E-state index contributed by atoms with van der Waals surface area (Å²) in [6, 6.07) is 37.4. The van der Waals surface area contributed by atoms with Crippen LogP contribution in [-0.2, 0) is 24.8 Å². The molecule has 4 saturated heterocycles. The smallest absolute Gasteiger partial charge is 0.102 e. The minimum Gasteiger partial charge on any atom is -0.290 e. The number of nitrogens with zero attached hydrogens (tertiary/aromatic N) is 4. The summed E-state index contributed by atoms with van der Waals surface area (Å²) in [7, 11) is 0. The van der Waals surface area contributed by atoms with Crippen molar-refractivity contribution in [3.05, 3.63) is 142 Å². The summed E-state index contributed by atoms with van der Waals surface area (Å²) in [5, 5.41) is 9.19. The SMILES string of the molecule is CC(ON1C(C)(C)CCCC1(C)C)c1ccc(C(c2ccc(C(C)ON3C(C)(C)CCCC3(C)C)cc2)(c2ccc(C(C)ON3C(C)(C)CCCC3(C)C)cc2)c2ccc(C(C)ON3C(C)(C)CCCC3(C)C)cc2)cc1. The lowest BCUT2D eigenvalue weighted by Crippen LogP contribution is -2.58. The van der Waals surface area contributed by atoms with Gasteiger partial charge in [-0.15, -0.1) is 0 Å². The van der Waals surface area contributed by atoms with Gasteiger partial charge in [-0.2, -0.15) is 20.3 Å². The molecule has 4 aromatic rings. The zero-order valence-electron chi connectivity index (χ0n) is 52.0. The molecule has 0 amide bonds. The molecule has 77 heavy (non-hydrogen) atoms. The number of hydrogen-bond acceptors (Lipinski definition) is 8. The average Bonchev–Trinajstić information content (AvgIpc) is 3.38. The van der Waals surface area contributed by atoms with Gasteiger partial charge >= 0.3 is 0 Å². The van der Waals surface area contributed by atoms with Crippen LogP contribution >= 0.6 is 0 Å². The zero-order valence-corrected chi connectivity index (χ0v) is 52.0. The molecule has 0 saturated carbocycles. The van der Waals surface area contributed by atoms with Crippen molar-refractivity contribution in [1.82, 2.24) is 20.3 Å². The number of benzene rings is 4. The van der Waals surface area contributed by atoms with Crippen LogP contribution in [0, 0.1) is 0 Å². The van der Waals surface area contributed by atoms with Gasteiger partial charge in [0.05, 0.1) is 5.41 Å². The minimum absolute atomic E-state index is 0.0657. The Morgan fingerprint density at radius 1 is 0.273 bits per heavy atom. The summed E-state index contributed by atoms with van der Waals surface area (Å²) in [6.45, 7) is 46.0. The molecule has 0 N–H and O–H groups in total. The topological polar surface area (TPSA) is 49.9 Å². The van der Waals surface area contributed by atoms with E-state index in [1.807, 2.05) is 0 Å². The highest BCUT2D eigenvalue weighted by atomic mass is 16.7. The molecule has 8 nitrogen and oxygen atoms in total. The van der Waals surface area contributed by atoms with Gasteiger partial charge in [-0.1, -0.05) is 97.1 Å². The summed E-state index contributed by atoms with van der Waals surface area (Å²) in [4.78, 5) is 28.1. The Hall–Kier alpha value is -3.44. The van der Waals surface area contributed by atoms with Gasteiger partial charge in [0.1, 0.15) is 24.4 Å². The van der Waals surface area contributed by atoms with Crippen LogP contribution in [-0.4, -0.2) is 64.6 Å². The Labute approximate surface area is 468 Å². The van der Waals surface area contributed by atoms with Crippen LogP contribution in [0.4, 0.5) is 0 Å². The quantitative estimate of drug-likeness (QED) is 0.103. The van der Waals surface area contributed by atoms with E-state index in [-0.39, 0.29) is 68.7 Å². The number of rotatable bonds is 16. The summed E-state index contributed by atoms with van der Waals surface area (Å²) in [5.74, 6) is 0. The lowest BCUT2D eigenvalue weighted by Gasteiger charge is -2.52. The van der Waals surface area contributed by atoms with Crippen molar-refractivity contribution in [2.24, 2.45) is 0 Å². The maximum atomic E-state index is 7.02. The van der Waals surface area contributed by atoms with Gasteiger partial charge in [-0.05, 0) is 260 Å². The van der Waals surface area contributed by atoms with E-state index in [1.165, 1.54) is 47.9 Å². The van der Waals surface area contributed by atoms with Crippen LogP contribution in [0.5, 0.6) is 0 Å². The van der Waals surface area contributed by atoms with Crippen molar-refractivity contribution >= 4 is 0 Å². The van der Waals surface area contributed by atoms with Gasteiger partial charge in [0, 0.05) is 44.3 Å². The normalized spacial score (nSPS) is 25.5. The molecule has 4 fully saturated rings. The maximum Gasteiger partial charge on any atom is 0.102 e. The predicted molar refractivity (Wildman–Crippen MR) is 318 cm³/mol. The van der Waals surface area contributed by atoms with Crippen molar-refractivity contribution in [2.75, 3.05) is 0 Å². The second-order valence-corrected chi connectivity index (χ2v) is 29.3. The molecule has 424 valence electrons. The van der Waals surface area contributed by atoms with E-state index in [2.05, 4.69) is 256 Å². The van der Waals surface area contributed by atoms with Gasteiger partial charge in [0.25, 0.3) is 0 Å². The fourth-order valence-electron chi connectivity index (χ4n) is 14.9. The Bertz CT molecular complexity index is 2170. The fraction of sp³-hybridized carbons (Fsp3) is 0.652. The van der Waals surface area contributed by atoms with Crippen LogP contribution in [0.25, 0.3) is 0 Å². The summed E-state index contributed by atoms with van der Waals surface area (Å²) < 4.78 is 0. The first kappa shape index (κ1) is 59.7. The molecule has 4 aromatic carbocycles. The Balaban J connectivity index is 1.24. The van der Waals surface area contributed by atoms with Crippen LogP contribution in [0.2, 0.25) is 0 Å². The second-order valence-electron chi connectivity index (χ2n) is 29.3. The first-order valence-corrected chi connectivity index (χ1v) is 30.0. The fourth-order valence-corrected chi connectivity index (χ4v) is 14.9. The predicted octanol–water partition coefficient (Wildman–Crippen LogP) is 18.2. The lowest BCUT2D eigenvalue weighted by molar-refractivity contribution is -0.304. The van der Waals surface area contributed by atoms with E-state index < -0.39 is 5.41 Å². The third-order valence-corrected chi connectivity index (χ3v) is 19.0. The molecule has 4 aliphatic rings. The second kappa shape index (κ2) is 21.8. The lowest BCUT2D eigenvalue weighted by atomic mass is 9.64. The molecule has 4 atom stereocenters. The van der Waals surface area contributed by atoms with Crippen LogP contribution in [0.15, 0.2) is 97.1 Å². The number of piperidine rings is 4. The zero-order chi connectivity index (χ0) is 56.4. The molecule has 0 aromatic heterocycles.